The number of hydrogen-bond donors (Lipinski definition) is 3. The van der Waals surface area contributed by atoms with Crippen molar-refractivity contribution in [3.8, 4) is 0 Å². The summed E-state index contributed by atoms with van der Waals surface area (Å²) in [5, 5.41) is 11.6. The quantitative estimate of drug-likeness (QED) is 0.673. The number of alkyl carbamates (subject to hydrolysis) is 1. The van der Waals surface area contributed by atoms with Crippen molar-refractivity contribution in [2.24, 2.45) is 0 Å². The topological polar surface area (TPSA) is 159 Å². The van der Waals surface area contributed by atoms with Gasteiger partial charge in [0.15, 0.2) is 11.6 Å². The first-order valence-corrected chi connectivity index (χ1v) is 6.83. The molecular formula is C14H19N3O6. The van der Waals surface area contributed by atoms with E-state index < -0.39 is 18.1 Å². The zero-order chi connectivity index (χ0) is 16.1. The summed E-state index contributed by atoms with van der Waals surface area (Å²) in [6, 6.07) is 3.33. The monoisotopic (exact) mass is 325 g/mol. The van der Waals surface area contributed by atoms with Crippen molar-refractivity contribution < 1.29 is 29.3 Å². The number of hydrogen-bond acceptors (Lipinski definition) is 6. The van der Waals surface area contributed by atoms with Gasteiger partial charge in [0.1, 0.15) is 5.52 Å². The van der Waals surface area contributed by atoms with E-state index in [2.05, 4.69) is 10.3 Å². The number of benzene rings is 1. The molecule has 23 heavy (non-hydrogen) atoms. The first-order chi connectivity index (χ1) is 10.5. The average molecular weight is 325 g/mol. The maximum Gasteiger partial charge on any atom is 0.408 e. The van der Waals surface area contributed by atoms with Crippen molar-refractivity contribution in [2.75, 3.05) is 12.3 Å². The minimum atomic E-state index is -1.24. The summed E-state index contributed by atoms with van der Waals surface area (Å²) in [5.74, 6) is -1.21. The van der Waals surface area contributed by atoms with E-state index in [0.29, 0.717) is 16.7 Å². The number of carbonyl (C=O) groups excluding carboxylic acids is 1. The number of amides is 1. The van der Waals surface area contributed by atoms with Gasteiger partial charge < -0.3 is 30.8 Å². The van der Waals surface area contributed by atoms with E-state index in [-0.39, 0.29) is 18.1 Å². The highest BCUT2D eigenvalue weighted by molar-refractivity contribution is 5.83. The van der Waals surface area contributed by atoms with E-state index in [9.17, 15) is 14.7 Å². The number of aliphatic carboxylic acids is 1. The lowest BCUT2D eigenvalue weighted by Gasteiger charge is -2.14. The Bertz CT molecular complexity index is 684. The smallest absolute Gasteiger partial charge is 0.408 e. The molecule has 1 unspecified atom stereocenters. The molecule has 0 aliphatic rings. The predicted molar refractivity (Wildman–Crippen MR) is 81.8 cm³/mol. The molecule has 1 atom stereocenters. The number of rotatable bonds is 6. The van der Waals surface area contributed by atoms with E-state index in [4.69, 9.17) is 14.9 Å². The van der Waals surface area contributed by atoms with Crippen LogP contribution < -0.4 is 11.1 Å². The fraction of sp³-hybridized carbons (Fsp3) is 0.357. The first-order valence-electron chi connectivity index (χ1n) is 6.83. The molecule has 2 rings (SSSR count). The van der Waals surface area contributed by atoms with Gasteiger partial charge in [-0.1, -0.05) is 19.4 Å². The molecule has 0 saturated carbocycles. The summed E-state index contributed by atoms with van der Waals surface area (Å²) >= 11 is 0. The minimum Gasteiger partial charge on any atom is -0.479 e. The zero-order valence-corrected chi connectivity index (χ0v) is 12.5. The molecule has 2 aromatic rings. The summed E-state index contributed by atoms with van der Waals surface area (Å²) in [6.07, 6.45) is 0.815. The Morgan fingerprint density at radius 1 is 1.48 bits per heavy atom. The van der Waals surface area contributed by atoms with Crippen LogP contribution in [0.5, 0.6) is 0 Å². The number of unbranched alkanes of at least 4 members (excludes halogenated alkanes) is 1. The van der Waals surface area contributed by atoms with Crippen molar-refractivity contribution in [1.29, 1.82) is 0 Å². The molecule has 6 N–H and O–H groups in total. The van der Waals surface area contributed by atoms with E-state index in [0.717, 1.165) is 12.8 Å². The third kappa shape index (κ3) is 4.58. The van der Waals surface area contributed by atoms with Crippen molar-refractivity contribution >= 4 is 29.2 Å². The van der Waals surface area contributed by atoms with Crippen LogP contribution in [0.3, 0.4) is 0 Å². The highest BCUT2D eigenvalue weighted by Crippen LogP contribution is 2.22. The van der Waals surface area contributed by atoms with Crippen LogP contribution in [0.4, 0.5) is 10.8 Å². The number of carboxylic acids is 1. The van der Waals surface area contributed by atoms with Crippen LogP contribution >= 0.6 is 0 Å². The molecule has 9 heteroatoms. The number of nitrogen functional groups attached to an aromatic ring is 1. The van der Waals surface area contributed by atoms with Gasteiger partial charge in [0, 0.05) is 0 Å². The molecule has 0 aliphatic carbocycles. The van der Waals surface area contributed by atoms with Crippen molar-refractivity contribution in [3.63, 3.8) is 0 Å². The number of anilines is 1. The number of carbonyl (C=O) groups is 2. The van der Waals surface area contributed by atoms with Crippen LogP contribution in [-0.2, 0) is 9.53 Å². The number of nitrogens with one attached hydrogen (secondary N) is 1. The molecule has 9 nitrogen and oxygen atoms in total. The van der Waals surface area contributed by atoms with Crippen LogP contribution in [0.2, 0.25) is 0 Å². The summed E-state index contributed by atoms with van der Waals surface area (Å²) in [5.41, 5.74) is 6.65. The van der Waals surface area contributed by atoms with Gasteiger partial charge in [-0.25, -0.2) is 9.59 Å². The maximum absolute atomic E-state index is 11.6. The molecule has 0 bridgehead atoms. The molecule has 1 aromatic carbocycles. The third-order valence-electron chi connectivity index (χ3n) is 3.00. The number of nitrogens with zero attached hydrogens (tertiary/aromatic N) is 1. The van der Waals surface area contributed by atoms with Crippen molar-refractivity contribution in [3.05, 3.63) is 23.8 Å². The lowest BCUT2D eigenvalue weighted by Crippen LogP contribution is -2.34. The lowest BCUT2D eigenvalue weighted by atomic mass is 10.1. The van der Waals surface area contributed by atoms with Crippen molar-refractivity contribution in [2.45, 2.75) is 25.8 Å². The Balaban J connectivity index is 0.00000264. The molecule has 1 heterocycles. The molecule has 0 radical (unpaired) electrons. The van der Waals surface area contributed by atoms with E-state index in [1.165, 1.54) is 12.1 Å². The largest absolute Gasteiger partial charge is 0.479 e. The molecule has 0 spiro atoms. The van der Waals surface area contributed by atoms with E-state index in [1.54, 1.807) is 6.07 Å². The normalized spacial score (nSPS) is 11.5. The zero-order valence-electron chi connectivity index (χ0n) is 12.5. The molecule has 126 valence electrons. The highest BCUT2D eigenvalue weighted by atomic mass is 16.5. The number of fused-ring (bicyclic) bond motifs is 1. The molecule has 0 fully saturated rings. The SMILES string of the molecule is CCCCOC(=O)NC(C(=O)O)c1ccc2oc(N)nc2c1.O. The van der Waals surface area contributed by atoms with Gasteiger partial charge in [0.05, 0.1) is 6.61 Å². The average Bonchev–Trinajstić information content (AvgIpc) is 2.83. The standard InChI is InChI=1S/C14H17N3O5.H2O/c1-2-3-6-21-14(20)17-11(12(18)19)8-4-5-10-9(7-8)16-13(15)22-10;/h4-5,7,11H,2-3,6H2,1H3,(H2,15,16)(H,17,20)(H,18,19);1H2. The Morgan fingerprint density at radius 3 is 2.87 bits per heavy atom. The second-order valence-electron chi connectivity index (χ2n) is 4.68. The molecular weight excluding hydrogens is 306 g/mol. The summed E-state index contributed by atoms with van der Waals surface area (Å²) < 4.78 is 10.0. The fourth-order valence-corrected chi connectivity index (χ4v) is 1.90. The van der Waals surface area contributed by atoms with Gasteiger partial charge in [-0.05, 0) is 24.1 Å². The molecule has 0 aliphatic heterocycles. The number of ether oxygens (including phenoxy) is 1. The van der Waals surface area contributed by atoms with Crippen LogP contribution in [0.15, 0.2) is 22.6 Å². The number of aromatic nitrogens is 1. The summed E-state index contributed by atoms with van der Waals surface area (Å²) in [6.45, 7) is 2.20. The lowest BCUT2D eigenvalue weighted by molar-refractivity contribution is -0.139. The molecule has 1 aromatic heterocycles. The minimum absolute atomic E-state index is 0. The van der Waals surface area contributed by atoms with Crippen LogP contribution in [0.25, 0.3) is 11.1 Å². The first kappa shape index (κ1) is 18.2. The second kappa shape index (κ2) is 7.99. The van der Waals surface area contributed by atoms with Gasteiger partial charge in [-0.3, -0.25) is 0 Å². The number of carboxylic acid groups (broad SMARTS) is 1. The summed E-state index contributed by atoms with van der Waals surface area (Å²) in [7, 11) is 0. The van der Waals surface area contributed by atoms with Gasteiger partial charge >= 0.3 is 12.1 Å². The number of oxazole rings is 1. The van der Waals surface area contributed by atoms with Crippen LogP contribution in [0, 0.1) is 0 Å². The Kier molecular flexibility index (Phi) is 6.34. The van der Waals surface area contributed by atoms with E-state index >= 15 is 0 Å². The Labute approximate surface area is 131 Å². The maximum atomic E-state index is 11.6. The van der Waals surface area contributed by atoms with Crippen LogP contribution in [-0.4, -0.2) is 34.2 Å². The highest BCUT2D eigenvalue weighted by Gasteiger charge is 2.23. The fourth-order valence-electron chi connectivity index (χ4n) is 1.90. The van der Waals surface area contributed by atoms with Gasteiger partial charge in [-0.15, -0.1) is 0 Å². The van der Waals surface area contributed by atoms with Gasteiger partial charge in [-0.2, -0.15) is 4.98 Å². The third-order valence-corrected chi connectivity index (χ3v) is 3.00. The number of nitrogens with two attached hydrogens (primary N) is 1. The molecule has 0 saturated heterocycles. The second-order valence-corrected chi connectivity index (χ2v) is 4.68. The van der Waals surface area contributed by atoms with Crippen molar-refractivity contribution in [1.82, 2.24) is 10.3 Å². The summed E-state index contributed by atoms with van der Waals surface area (Å²) in [4.78, 5) is 26.9. The van der Waals surface area contributed by atoms with Crippen LogP contribution in [0.1, 0.15) is 31.4 Å². The van der Waals surface area contributed by atoms with E-state index in [1.807, 2.05) is 6.92 Å². The molecule has 1 amide bonds. The predicted octanol–water partition coefficient (Wildman–Crippen LogP) is 1.24. The Morgan fingerprint density at radius 2 is 2.22 bits per heavy atom. The van der Waals surface area contributed by atoms with Gasteiger partial charge in [0.2, 0.25) is 0 Å². The van der Waals surface area contributed by atoms with Gasteiger partial charge in [0.25, 0.3) is 6.01 Å². The Hall–Kier alpha value is -2.81.